The highest BCUT2D eigenvalue weighted by molar-refractivity contribution is 14.1. The Morgan fingerprint density at radius 3 is 2.83 bits per heavy atom. The van der Waals surface area contributed by atoms with Gasteiger partial charge in [-0.05, 0) is 59.5 Å². The number of aryl methyl sites for hydroxylation is 3. The summed E-state index contributed by atoms with van der Waals surface area (Å²) in [5.74, 6) is 0. The highest BCUT2D eigenvalue weighted by atomic mass is 127. The molecule has 18 heavy (non-hydrogen) atoms. The minimum Gasteiger partial charge on any atom is -0.324 e. The lowest BCUT2D eigenvalue weighted by Crippen LogP contribution is -2.14. The molecule has 4 heteroatoms. The topological polar surface area (TPSA) is 43.8 Å². The highest BCUT2D eigenvalue weighted by Crippen LogP contribution is 2.24. The molecule has 3 nitrogen and oxygen atoms in total. The van der Waals surface area contributed by atoms with Crippen LogP contribution in [-0.4, -0.2) is 9.78 Å². The summed E-state index contributed by atoms with van der Waals surface area (Å²) in [5.41, 5.74) is 10.1. The number of rotatable bonds is 4. The zero-order chi connectivity index (χ0) is 13.1. The summed E-state index contributed by atoms with van der Waals surface area (Å²) >= 11 is 2.38. The molecule has 0 aliphatic rings. The van der Waals surface area contributed by atoms with Gasteiger partial charge in [0.2, 0.25) is 0 Å². The van der Waals surface area contributed by atoms with Crippen molar-refractivity contribution < 1.29 is 0 Å². The number of nitrogens with two attached hydrogens (primary N) is 1. The number of nitrogens with zero attached hydrogens (tertiary/aromatic N) is 2. The number of aromatic nitrogens is 2. The van der Waals surface area contributed by atoms with Gasteiger partial charge in [0.05, 0.1) is 0 Å². The maximum absolute atomic E-state index is 6.30. The predicted octanol–water partition coefficient (Wildman–Crippen LogP) is 2.97. The number of hydrogen-bond donors (Lipinski definition) is 1. The fourth-order valence-electron chi connectivity index (χ4n) is 2.06. The molecule has 1 atom stereocenters. The van der Waals surface area contributed by atoms with E-state index in [1.807, 2.05) is 24.0 Å². The van der Waals surface area contributed by atoms with Gasteiger partial charge in [-0.25, -0.2) is 0 Å². The molecular weight excluding hydrogens is 337 g/mol. The van der Waals surface area contributed by atoms with Crippen molar-refractivity contribution in [1.82, 2.24) is 9.78 Å². The van der Waals surface area contributed by atoms with Crippen LogP contribution in [0, 0.1) is 10.5 Å². The Hall–Kier alpha value is -0.880. The number of benzene rings is 1. The molecule has 0 bridgehead atoms. The van der Waals surface area contributed by atoms with E-state index in [2.05, 4.69) is 52.8 Å². The summed E-state index contributed by atoms with van der Waals surface area (Å²) in [4.78, 5) is 0. The Balaban J connectivity index is 2.06. The van der Waals surface area contributed by atoms with Gasteiger partial charge in [-0.3, -0.25) is 4.68 Å². The first-order valence-corrected chi connectivity index (χ1v) is 7.15. The quantitative estimate of drug-likeness (QED) is 0.857. The highest BCUT2D eigenvalue weighted by Gasteiger charge is 2.11. The second-order valence-electron chi connectivity index (χ2n) is 4.57. The van der Waals surface area contributed by atoms with Crippen molar-refractivity contribution in [2.45, 2.75) is 25.8 Å². The second-order valence-corrected chi connectivity index (χ2v) is 5.65. The standard InChI is InChI=1S/C14H18IN3/c1-10-4-3-5-12(14(10)15)13(16)7-6-11-8-9-17-18(11)2/h3-5,8-9,13H,6-7,16H2,1-2H3. The molecule has 1 aromatic carbocycles. The molecule has 0 radical (unpaired) electrons. The maximum Gasteiger partial charge on any atom is 0.0492 e. The van der Waals surface area contributed by atoms with E-state index in [1.165, 1.54) is 20.4 Å². The Bertz CT molecular complexity index is 534. The van der Waals surface area contributed by atoms with Crippen LogP contribution in [0.5, 0.6) is 0 Å². The van der Waals surface area contributed by atoms with E-state index in [0.717, 1.165) is 12.8 Å². The molecule has 0 fully saturated rings. The molecular formula is C14H18IN3. The lowest BCUT2D eigenvalue weighted by molar-refractivity contribution is 0.612. The first kappa shape index (κ1) is 13.5. The van der Waals surface area contributed by atoms with E-state index in [0.29, 0.717) is 0 Å². The van der Waals surface area contributed by atoms with Crippen LogP contribution >= 0.6 is 22.6 Å². The van der Waals surface area contributed by atoms with Crippen molar-refractivity contribution in [3.63, 3.8) is 0 Å². The summed E-state index contributed by atoms with van der Waals surface area (Å²) in [7, 11) is 1.97. The first-order chi connectivity index (χ1) is 8.59. The van der Waals surface area contributed by atoms with Gasteiger partial charge in [0, 0.05) is 28.6 Å². The Morgan fingerprint density at radius 1 is 1.39 bits per heavy atom. The van der Waals surface area contributed by atoms with Gasteiger partial charge < -0.3 is 5.73 Å². The molecule has 2 rings (SSSR count). The molecule has 1 heterocycles. The van der Waals surface area contributed by atoms with Crippen LogP contribution in [0.15, 0.2) is 30.5 Å². The zero-order valence-corrected chi connectivity index (χ0v) is 12.9. The Morgan fingerprint density at radius 2 is 2.17 bits per heavy atom. The van der Waals surface area contributed by atoms with Gasteiger partial charge in [0.1, 0.15) is 0 Å². The summed E-state index contributed by atoms with van der Waals surface area (Å²) in [6, 6.07) is 8.47. The molecule has 2 aromatic rings. The average molecular weight is 355 g/mol. The lowest BCUT2D eigenvalue weighted by Gasteiger charge is -2.15. The minimum atomic E-state index is 0.0895. The summed E-state index contributed by atoms with van der Waals surface area (Å²) < 4.78 is 3.20. The Labute approximate surface area is 122 Å². The molecule has 0 aliphatic carbocycles. The van der Waals surface area contributed by atoms with Crippen molar-refractivity contribution in [2.24, 2.45) is 12.8 Å². The average Bonchev–Trinajstić information content (AvgIpc) is 2.75. The third-order valence-corrected chi connectivity index (χ3v) is 4.73. The number of hydrogen-bond acceptors (Lipinski definition) is 2. The van der Waals surface area contributed by atoms with Crippen molar-refractivity contribution >= 4 is 22.6 Å². The van der Waals surface area contributed by atoms with Crippen LogP contribution in [-0.2, 0) is 13.5 Å². The molecule has 1 unspecified atom stereocenters. The second kappa shape index (κ2) is 5.84. The Kier molecular flexibility index (Phi) is 4.40. The van der Waals surface area contributed by atoms with Crippen molar-refractivity contribution in [1.29, 1.82) is 0 Å². The third-order valence-electron chi connectivity index (χ3n) is 3.26. The molecule has 0 aliphatic heterocycles. The molecule has 0 amide bonds. The summed E-state index contributed by atoms with van der Waals surface area (Å²) in [5, 5.41) is 4.17. The van der Waals surface area contributed by atoms with E-state index < -0.39 is 0 Å². The van der Waals surface area contributed by atoms with Gasteiger partial charge in [0.25, 0.3) is 0 Å². The fourth-order valence-corrected chi connectivity index (χ4v) is 2.82. The fraction of sp³-hybridized carbons (Fsp3) is 0.357. The molecule has 0 saturated carbocycles. The van der Waals surface area contributed by atoms with Crippen LogP contribution in [0.1, 0.15) is 29.3 Å². The predicted molar refractivity (Wildman–Crippen MR) is 82.4 cm³/mol. The van der Waals surface area contributed by atoms with Crippen LogP contribution in [0.25, 0.3) is 0 Å². The lowest BCUT2D eigenvalue weighted by atomic mass is 10.0. The van der Waals surface area contributed by atoms with Gasteiger partial charge in [-0.2, -0.15) is 5.10 Å². The van der Waals surface area contributed by atoms with E-state index >= 15 is 0 Å². The third kappa shape index (κ3) is 2.92. The normalized spacial score (nSPS) is 12.7. The van der Waals surface area contributed by atoms with Crippen LogP contribution in [0.4, 0.5) is 0 Å². The van der Waals surface area contributed by atoms with E-state index in [-0.39, 0.29) is 6.04 Å². The van der Waals surface area contributed by atoms with Gasteiger partial charge in [-0.1, -0.05) is 18.2 Å². The molecule has 2 N–H and O–H groups in total. The largest absolute Gasteiger partial charge is 0.324 e. The van der Waals surface area contributed by atoms with Gasteiger partial charge >= 0.3 is 0 Å². The van der Waals surface area contributed by atoms with Crippen molar-refractivity contribution in [2.75, 3.05) is 0 Å². The van der Waals surface area contributed by atoms with E-state index in [4.69, 9.17) is 5.73 Å². The SMILES string of the molecule is Cc1cccc(C(N)CCc2ccnn2C)c1I. The van der Waals surface area contributed by atoms with Crippen LogP contribution in [0.3, 0.4) is 0 Å². The van der Waals surface area contributed by atoms with Crippen molar-refractivity contribution in [3.05, 3.63) is 50.9 Å². The smallest absolute Gasteiger partial charge is 0.0492 e. The monoisotopic (exact) mass is 355 g/mol. The molecule has 0 spiro atoms. The van der Waals surface area contributed by atoms with E-state index in [9.17, 15) is 0 Å². The minimum absolute atomic E-state index is 0.0895. The molecule has 96 valence electrons. The zero-order valence-electron chi connectivity index (χ0n) is 10.7. The van der Waals surface area contributed by atoms with Gasteiger partial charge in [-0.15, -0.1) is 0 Å². The number of halogens is 1. The van der Waals surface area contributed by atoms with E-state index in [1.54, 1.807) is 0 Å². The van der Waals surface area contributed by atoms with Crippen LogP contribution in [0.2, 0.25) is 0 Å². The first-order valence-electron chi connectivity index (χ1n) is 6.07. The summed E-state index contributed by atoms with van der Waals surface area (Å²) in [6.07, 6.45) is 3.73. The van der Waals surface area contributed by atoms with Crippen molar-refractivity contribution in [3.8, 4) is 0 Å². The molecule has 1 aromatic heterocycles. The maximum atomic E-state index is 6.30. The summed E-state index contributed by atoms with van der Waals surface area (Å²) in [6.45, 7) is 2.12. The van der Waals surface area contributed by atoms with Gasteiger partial charge in [0.15, 0.2) is 0 Å². The van der Waals surface area contributed by atoms with Crippen LogP contribution < -0.4 is 5.73 Å². The molecule has 0 saturated heterocycles.